The standard InChI is InChI=1S/C13H18N2O3/c16-9-11-4-2-1-3-7-15(11)13(18)10-5-6-12(17)14-8-10/h5-6,8,11,16H,1-4,7,9H2,(H,14,17). The summed E-state index contributed by atoms with van der Waals surface area (Å²) in [5, 5.41) is 9.37. The second-order valence-electron chi connectivity index (χ2n) is 4.63. The fraction of sp³-hybridized carbons (Fsp3) is 0.538. The number of aromatic amines is 1. The van der Waals surface area contributed by atoms with Crippen LogP contribution in [0, 0.1) is 0 Å². The van der Waals surface area contributed by atoms with E-state index in [2.05, 4.69) is 4.98 Å². The number of hydrogen-bond donors (Lipinski definition) is 2. The van der Waals surface area contributed by atoms with Crippen molar-refractivity contribution in [2.75, 3.05) is 13.2 Å². The van der Waals surface area contributed by atoms with E-state index in [0.717, 1.165) is 25.7 Å². The lowest BCUT2D eigenvalue weighted by Gasteiger charge is -2.28. The molecule has 1 amide bonds. The minimum Gasteiger partial charge on any atom is -0.394 e. The van der Waals surface area contributed by atoms with E-state index >= 15 is 0 Å². The largest absolute Gasteiger partial charge is 0.394 e. The number of nitrogens with one attached hydrogen (secondary N) is 1. The van der Waals surface area contributed by atoms with Crippen molar-refractivity contribution in [2.24, 2.45) is 0 Å². The molecule has 0 saturated carbocycles. The van der Waals surface area contributed by atoms with Crippen molar-refractivity contribution >= 4 is 5.91 Å². The maximum atomic E-state index is 12.3. The van der Waals surface area contributed by atoms with E-state index in [0.29, 0.717) is 12.1 Å². The summed E-state index contributed by atoms with van der Waals surface area (Å²) < 4.78 is 0. The molecule has 5 heteroatoms. The van der Waals surface area contributed by atoms with Gasteiger partial charge in [-0.1, -0.05) is 12.8 Å². The molecule has 2 heterocycles. The minimum absolute atomic E-state index is 0.00487. The lowest BCUT2D eigenvalue weighted by molar-refractivity contribution is 0.0599. The van der Waals surface area contributed by atoms with E-state index in [-0.39, 0.29) is 24.1 Å². The molecule has 1 aliphatic heterocycles. The van der Waals surface area contributed by atoms with Gasteiger partial charge in [0.05, 0.1) is 18.2 Å². The Morgan fingerprint density at radius 1 is 1.39 bits per heavy atom. The molecule has 5 nitrogen and oxygen atoms in total. The molecule has 0 aliphatic carbocycles. The zero-order chi connectivity index (χ0) is 13.0. The van der Waals surface area contributed by atoms with E-state index in [1.165, 1.54) is 18.3 Å². The predicted octanol–water partition coefficient (Wildman–Crippen LogP) is 0.752. The van der Waals surface area contributed by atoms with Crippen LogP contribution in [0.15, 0.2) is 23.1 Å². The van der Waals surface area contributed by atoms with Gasteiger partial charge >= 0.3 is 0 Å². The predicted molar refractivity (Wildman–Crippen MR) is 67.4 cm³/mol. The van der Waals surface area contributed by atoms with Gasteiger partial charge in [-0.25, -0.2) is 0 Å². The molecule has 1 fully saturated rings. The van der Waals surface area contributed by atoms with Crippen molar-refractivity contribution in [3.63, 3.8) is 0 Å². The number of carbonyl (C=O) groups is 1. The molecular formula is C13H18N2O3. The summed E-state index contributed by atoms with van der Waals surface area (Å²) in [6.07, 6.45) is 5.37. The smallest absolute Gasteiger partial charge is 0.255 e. The first kappa shape index (κ1) is 12.8. The third kappa shape index (κ3) is 2.79. The van der Waals surface area contributed by atoms with Gasteiger partial charge in [-0.3, -0.25) is 9.59 Å². The first-order valence-electron chi connectivity index (χ1n) is 6.33. The van der Waals surface area contributed by atoms with Crippen molar-refractivity contribution in [3.8, 4) is 0 Å². The van der Waals surface area contributed by atoms with E-state index in [4.69, 9.17) is 0 Å². The van der Waals surface area contributed by atoms with Gasteiger partial charge in [0, 0.05) is 18.8 Å². The summed E-state index contributed by atoms with van der Waals surface area (Å²) in [6, 6.07) is 2.77. The Balaban J connectivity index is 2.19. The zero-order valence-electron chi connectivity index (χ0n) is 10.3. The van der Waals surface area contributed by atoms with Gasteiger partial charge in [0.1, 0.15) is 0 Å². The number of H-pyrrole nitrogens is 1. The third-order valence-corrected chi connectivity index (χ3v) is 3.38. The molecule has 1 saturated heterocycles. The molecule has 1 unspecified atom stereocenters. The average molecular weight is 250 g/mol. The first-order valence-corrected chi connectivity index (χ1v) is 6.33. The number of aromatic nitrogens is 1. The lowest BCUT2D eigenvalue weighted by atomic mass is 10.1. The highest BCUT2D eigenvalue weighted by molar-refractivity contribution is 5.94. The van der Waals surface area contributed by atoms with Gasteiger partial charge in [-0.2, -0.15) is 0 Å². The van der Waals surface area contributed by atoms with E-state index in [1.807, 2.05) is 0 Å². The average Bonchev–Trinajstić information content (AvgIpc) is 2.63. The van der Waals surface area contributed by atoms with Crippen LogP contribution in [-0.4, -0.2) is 40.1 Å². The number of amides is 1. The highest BCUT2D eigenvalue weighted by atomic mass is 16.3. The molecule has 0 radical (unpaired) electrons. The second kappa shape index (κ2) is 5.82. The highest BCUT2D eigenvalue weighted by Crippen LogP contribution is 2.18. The van der Waals surface area contributed by atoms with Crippen LogP contribution < -0.4 is 5.56 Å². The SMILES string of the molecule is O=C(c1ccc(=O)[nH]c1)N1CCCCCC1CO. The fourth-order valence-electron chi connectivity index (χ4n) is 2.34. The Morgan fingerprint density at radius 3 is 2.89 bits per heavy atom. The van der Waals surface area contributed by atoms with Crippen LogP contribution in [0.5, 0.6) is 0 Å². The molecule has 2 N–H and O–H groups in total. The van der Waals surface area contributed by atoms with E-state index < -0.39 is 0 Å². The molecule has 0 aromatic carbocycles. The number of hydrogen-bond acceptors (Lipinski definition) is 3. The van der Waals surface area contributed by atoms with Gasteiger partial charge in [0.2, 0.25) is 5.56 Å². The number of aliphatic hydroxyl groups is 1. The molecule has 2 rings (SSSR count). The van der Waals surface area contributed by atoms with Crippen LogP contribution >= 0.6 is 0 Å². The fourth-order valence-corrected chi connectivity index (χ4v) is 2.34. The van der Waals surface area contributed by atoms with E-state index in [1.54, 1.807) is 4.90 Å². The summed E-state index contributed by atoms with van der Waals surface area (Å²) in [4.78, 5) is 27.5. The number of aliphatic hydroxyl groups excluding tert-OH is 1. The Bertz CT molecular complexity index is 449. The second-order valence-corrected chi connectivity index (χ2v) is 4.63. The van der Waals surface area contributed by atoms with Crippen LogP contribution in [0.2, 0.25) is 0 Å². The Labute approximate surface area is 105 Å². The maximum absolute atomic E-state index is 12.3. The number of rotatable bonds is 2. The summed E-state index contributed by atoms with van der Waals surface area (Å²) in [5.74, 6) is -0.118. The first-order chi connectivity index (χ1) is 8.72. The molecule has 0 spiro atoms. The lowest BCUT2D eigenvalue weighted by Crippen LogP contribution is -2.42. The topological polar surface area (TPSA) is 73.4 Å². The highest BCUT2D eigenvalue weighted by Gasteiger charge is 2.25. The van der Waals surface area contributed by atoms with Crippen molar-refractivity contribution in [2.45, 2.75) is 31.7 Å². The van der Waals surface area contributed by atoms with Crippen LogP contribution in [0.4, 0.5) is 0 Å². The normalized spacial score (nSPS) is 20.5. The quantitative estimate of drug-likeness (QED) is 0.813. The number of carbonyl (C=O) groups excluding carboxylic acids is 1. The van der Waals surface area contributed by atoms with Crippen molar-refractivity contribution < 1.29 is 9.90 Å². The number of nitrogens with zero attached hydrogens (tertiary/aromatic N) is 1. The van der Waals surface area contributed by atoms with Gasteiger partial charge in [-0.05, 0) is 18.9 Å². The molecule has 1 aromatic rings. The van der Waals surface area contributed by atoms with E-state index in [9.17, 15) is 14.7 Å². The Hall–Kier alpha value is -1.62. The van der Waals surface area contributed by atoms with Gasteiger partial charge < -0.3 is 15.0 Å². The number of likely N-dealkylation sites (tertiary alicyclic amines) is 1. The maximum Gasteiger partial charge on any atom is 0.255 e. The van der Waals surface area contributed by atoms with Gasteiger partial charge in [0.15, 0.2) is 0 Å². The minimum atomic E-state index is -0.221. The Kier molecular flexibility index (Phi) is 4.15. The summed E-state index contributed by atoms with van der Waals surface area (Å²) >= 11 is 0. The molecule has 98 valence electrons. The zero-order valence-corrected chi connectivity index (χ0v) is 10.3. The van der Waals surface area contributed by atoms with Crippen molar-refractivity contribution in [3.05, 3.63) is 34.2 Å². The van der Waals surface area contributed by atoms with Gasteiger partial charge in [-0.15, -0.1) is 0 Å². The molecule has 1 atom stereocenters. The summed E-state index contributed by atoms with van der Waals surface area (Å²) in [6.45, 7) is 0.665. The Morgan fingerprint density at radius 2 is 2.22 bits per heavy atom. The van der Waals surface area contributed by atoms with Gasteiger partial charge in [0.25, 0.3) is 5.91 Å². The molecule has 1 aliphatic rings. The van der Waals surface area contributed by atoms with Crippen molar-refractivity contribution in [1.29, 1.82) is 0 Å². The summed E-state index contributed by atoms with van der Waals surface area (Å²) in [5.41, 5.74) is 0.246. The number of pyridine rings is 1. The molecule has 0 bridgehead atoms. The van der Waals surface area contributed by atoms with Crippen LogP contribution in [0.3, 0.4) is 0 Å². The third-order valence-electron chi connectivity index (χ3n) is 3.38. The molecular weight excluding hydrogens is 232 g/mol. The monoisotopic (exact) mass is 250 g/mol. The van der Waals surface area contributed by atoms with Crippen LogP contribution in [0.1, 0.15) is 36.0 Å². The van der Waals surface area contributed by atoms with Crippen molar-refractivity contribution in [1.82, 2.24) is 9.88 Å². The van der Waals surface area contributed by atoms with Crippen LogP contribution in [0.25, 0.3) is 0 Å². The molecule has 18 heavy (non-hydrogen) atoms. The van der Waals surface area contributed by atoms with Crippen LogP contribution in [-0.2, 0) is 0 Å². The molecule has 1 aromatic heterocycles. The summed E-state index contributed by atoms with van der Waals surface area (Å²) in [7, 11) is 0.